The third-order valence-electron chi connectivity index (χ3n) is 6.52. The Morgan fingerprint density at radius 2 is 1.72 bits per heavy atom. The van der Waals surface area contributed by atoms with Crippen LogP contribution in [0, 0.1) is 5.92 Å². The smallest absolute Gasteiger partial charge is 0.191 e. The van der Waals surface area contributed by atoms with E-state index in [2.05, 4.69) is 52.3 Å². The van der Waals surface area contributed by atoms with Gasteiger partial charge in [-0.1, -0.05) is 32.8 Å². The molecule has 1 unspecified atom stereocenters. The Morgan fingerprint density at radius 1 is 1.03 bits per heavy atom. The van der Waals surface area contributed by atoms with Gasteiger partial charge < -0.3 is 25.0 Å². The number of ether oxygens (including phenoxy) is 2. The van der Waals surface area contributed by atoms with Crippen LogP contribution in [0.25, 0.3) is 0 Å². The summed E-state index contributed by atoms with van der Waals surface area (Å²) in [7, 11) is 0. The van der Waals surface area contributed by atoms with Gasteiger partial charge in [0.1, 0.15) is 5.82 Å². The summed E-state index contributed by atoms with van der Waals surface area (Å²) < 4.78 is 11.1. The molecule has 2 N–H and O–H groups in total. The van der Waals surface area contributed by atoms with Gasteiger partial charge in [0.05, 0.1) is 33.0 Å². The van der Waals surface area contributed by atoms with Gasteiger partial charge in [-0.15, -0.1) is 0 Å². The van der Waals surface area contributed by atoms with E-state index in [1.54, 1.807) is 0 Å². The normalized spacial score (nSPS) is 19.2. The van der Waals surface area contributed by atoms with E-state index in [9.17, 15) is 0 Å². The minimum absolute atomic E-state index is 0.486. The monoisotopic (exact) mass is 446 g/mol. The lowest BCUT2D eigenvalue weighted by atomic mass is 9.92. The van der Waals surface area contributed by atoms with Crippen molar-refractivity contribution in [1.82, 2.24) is 20.5 Å². The van der Waals surface area contributed by atoms with Gasteiger partial charge in [-0.2, -0.15) is 0 Å². The number of hydrogen-bond acceptors (Lipinski definition) is 6. The molecule has 1 aromatic rings. The van der Waals surface area contributed by atoms with E-state index in [1.807, 2.05) is 12.3 Å². The summed E-state index contributed by atoms with van der Waals surface area (Å²) in [4.78, 5) is 14.5. The molecule has 2 aliphatic rings. The van der Waals surface area contributed by atoms with Gasteiger partial charge in [0.2, 0.25) is 0 Å². The summed E-state index contributed by atoms with van der Waals surface area (Å²) in [5.41, 5.74) is 1.15. The van der Waals surface area contributed by atoms with Gasteiger partial charge in [-0.25, -0.2) is 9.98 Å². The fourth-order valence-corrected chi connectivity index (χ4v) is 4.66. The summed E-state index contributed by atoms with van der Waals surface area (Å²) in [6.07, 6.45) is 4.24. The number of aliphatic imine (C=N–C) groups is 1. The Labute approximate surface area is 193 Å². The van der Waals surface area contributed by atoms with Gasteiger partial charge in [0.25, 0.3) is 0 Å². The molecule has 3 rings (SSSR count). The van der Waals surface area contributed by atoms with Crippen molar-refractivity contribution in [2.75, 3.05) is 70.6 Å². The molecule has 0 bridgehead atoms. The molecule has 8 nitrogen and oxygen atoms in total. The molecule has 0 spiro atoms. The van der Waals surface area contributed by atoms with Crippen molar-refractivity contribution in [3.8, 4) is 0 Å². The lowest BCUT2D eigenvalue weighted by molar-refractivity contribution is 0.00272. The Kier molecular flexibility index (Phi) is 10.5. The van der Waals surface area contributed by atoms with Crippen LogP contribution in [0.2, 0.25) is 0 Å². The molecule has 32 heavy (non-hydrogen) atoms. The first kappa shape index (κ1) is 24.7. The molecule has 0 amide bonds. The van der Waals surface area contributed by atoms with E-state index in [-0.39, 0.29) is 0 Å². The van der Waals surface area contributed by atoms with Crippen LogP contribution in [0.15, 0.2) is 23.3 Å². The average Bonchev–Trinajstić information content (AvgIpc) is 2.86. The number of morpholine rings is 2. The standard InChI is InChI=1S/C24H42N6O2/c1-4-20(5-2)22(29-10-14-31-15-11-29)19-28-24(25-6-3)27-18-21-8-7-9-26-23(21)30-12-16-32-17-13-30/h7-9,20,22H,4-6,10-19H2,1-3H3,(H2,25,27,28). The molecule has 2 saturated heterocycles. The maximum absolute atomic E-state index is 5.59. The van der Waals surface area contributed by atoms with E-state index in [0.29, 0.717) is 18.5 Å². The van der Waals surface area contributed by atoms with Crippen LogP contribution in [0.3, 0.4) is 0 Å². The average molecular weight is 447 g/mol. The third-order valence-corrected chi connectivity index (χ3v) is 6.52. The molecule has 0 aromatic carbocycles. The zero-order valence-electron chi connectivity index (χ0n) is 20.2. The third kappa shape index (κ3) is 7.05. The fraction of sp³-hybridized carbons (Fsp3) is 0.750. The van der Waals surface area contributed by atoms with Gasteiger partial charge in [0.15, 0.2) is 5.96 Å². The highest BCUT2D eigenvalue weighted by Crippen LogP contribution is 2.21. The van der Waals surface area contributed by atoms with Crippen LogP contribution in [-0.4, -0.2) is 87.6 Å². The molecule has 2 aliphatic heterocycles. The molecule has 180 valence electrons. The van der Waals surface area contributed by atoms with Crippen molar-refractivity contribution in [3.05, 3.63) is 23.9 Å². The second-order valence-electron chi connectivity index (χ2n) is 8.45. The lowest BCUT2D eigenvalue weighted by Crippen LogP contribution is -2.53. The van der Waals surface area contributed by atoms with Crippen LogP contribution in [-0.2, 0) is 16.0 Å². The predicted molar refractivity (Wildman–Crippen MR) is 130 cm³/mol. The van der Waals surface area contributed by atoms with Crippen molar-refractivity contribution in [2.24, 2.45) is 10.9 Å². The van der Waals surface area contributed by atoms with Crippen molar-refractivity contribution >= 4 is 11.8 Å². The second-order valence-corrected chi connectivity index (χ2v) is 8.45. The first-order chi connectivity index (χ1) is 15.8. The molecular formula is C24H42N6O2. The van der Waals surface area contributed by atoms with Gasteiger partial charge in [-0.05, 0) is 18.9 Å². The Hall–Kier alpha value is -1.90. The predicted octanol–water partition coefficient (Wildman–Crippen LogP) is 2.11. The van der Waals surface area contributed by atoms with E-state index in [4.69, 9.17) is 14.5 Å². The minimum Gasteiger partial charge on any atom is -0.379 e. The van der Waals surface area contributed by atoms with Crippen LogP contribution < -0.4 is 15.5 Å². The summed E-state index contributed by atoms with van der Waals surface area (Å²) in [5, 5.41) is 7.07. The Bertz CT molecular complexity index is 685. The maximum atomic E-state index is 5.59. The Balaban J connectivity index is 1.67. The molecule has 2 fully saturated rings. The number of nitrogens with one attached hydrogen (secondary N) is 2. The molecule has 1 atom stereocenters. The van der Waals surface area contributed by atoms with Crippen LogP contribution >= 0.6 is 0 Å². The maximum Gasteiger partial charge on any atom is 0.191 e. The molecular weight excluding hydrogens is 404 g/mol. The summed E-state index contributed by atoms with van der Waals surface area (Å²) in [5.74, 6) is 2.56. The van der Waals surface area contributed by atoms with Crippen molar-refractivity contribution in [3.63, 3.8) is 0 Å². The van der Waals surface area contributed by atoms with Crippen LogP contribution in [0.5, 0.6) is 0 Å². The van der Waals surface area contributed by atoms with E-state index in [1.165, 1.54) is 12.8 Å². The number of aromatic nitrogens is 1. The molecule has 0 radical (unpaired) electrons. The quantitative estimate of drug-likeness (QED) is 0.421. The van der Waals surface area contributed by atoms with E-state index in [0.717, 1.165) is 83.0 Å². The number of nitrogens with zero attached hydrogens (tertiary/aromatic N) is 4. The number of hydrogen-bond donors (Lipinski definition) is 2. The summed E-state index contributed by atoms with van der Waals surface area (Å²) in [6, 6.07) is 4.61. The summed E-state index contributed by atoms with van der Waals surface area (Å²) in [6.45, 7) is 16.0. The number of anilines is 1. The lowest BCUT2D eigenvalue weighted by Gasteiger charge is -2.39. The topological polar surface area (TPSA) is 74.2 Å². The molecule has 0 aliphatic carbocycles. The van der Waals surface area contributed by atoms with E-state index < -0.39 is 0 Å². The van der Waals surface area contributed by atoms with Crippen molar-refractivity contribution < 1.29 is 9.47 Å². The summed E-state index contributed by atoms with van der Waals surface area (Å²) >= 11 is 0. The van der Waals surface area contributed by atoms with Crippen molar-refractivity contribution in [1.29, 1.82) is 0 Å². The minimum atomic E-state index is 0.486. The first-order valence-electron chi connectivity index (χ1n) is 12.4. The van der Waals surface area contributed by atoms with E-state index >= 15 is 0 Å². The van der Waals surface area contributed by atoms with Crippen molar-refractivity contribution in [2.45, 2.75) is 46.2 Å². The number of guanidine groups is 1. The fourth-order valence-electron chi connectivity index (χ4n) is 4.66. The number of rotatable bonds is 10. The Morgan fingerprint density at radius 3 is 2.38 bits per heavy atom. The second kappa shape index (κ2) is 13.6. The largest absolute Gasteiger partial charge is 0.379 e. The number of pyridine rings is 1. The van der Waals surface area contributed by atoms with Crippen LogP contribution in [0.1, 0.15) is 39.2 Å². The first-order valence-corrected chi connectivity index (χ1v) is 12.4. The van der Waals surface area contributed by atoms with Gasteiger partial charge in [-0.3, -0.25) is 4.90 Å². The zero-order chi connectivity index (χ0) is 22.6. The van der Waals surface area contributed by atoms with Gasteiger partial charge in [0, 0.05) is 57.1 Å². The zero-order valence-corrected chi connectivity index (χ0v) is 20.2. The molecule has 1 aromatic heterocycles. The highest BCUT2D eigenvalue weighted by atomic mass is 16.5. The SMILES string of the molecule is CCNC(=NCc1cccnc1N1CCOCC1)NCC(C(CC)CC)N1CCOCC1. The highest BCUT2D eigenvalue weighted by Gasteiger charge is 2.27. The van der Waals surface area contributed by atoms with Gasteiger partial charge >= 0.3 is 0 Å². The van der Waals surface area contributed by atoms with Crippen LogP contribution in [0.4, 0.5) is 5.82 Å². The molecule has 3 heterocycles. The highest BCUT2D eigenvalue weighted by molar-refractivity contribution is 5.79. The molecule has 0 saturated carbocycles. The molecule has 8 heteroatoms.